The first-order valence-corrected chi connectivity index (χ1v) is 10.6. The number of hydrogen-bond acceptors (Lipinski definition) is 3. The van der Waals surface area contributed by atoms with Crippen molar-refractivity contribution in [2.75, 3.05) is 19.6 Å². The summed E-state index contributed by atoms with van der Waals surface area (Å²) < 4.78 is 0. The van der Waals surface area contributed by atoms with Crippen molar-refractivity contribution in [1.29, 1.82) is 0 Å². The van der Waals surface area contributed by atoms with Crippen LogP contribution in [0.2, 0.25) is 0 Å². The summed E-state index contributed by atoms with van der Waals surface area (Å²) in [5.74, 6) is 2.01. The fourth-order valence-corrected chi connectivity index (χ4v) is 5.70. The summed E-state index contributed by atoms with van der Waals surface area (Å²) in [4.78, 5) is 2.57. The Balaban J connectivity index is 1.34. The lowest BCUT2D eigenvalue weighted by Crippen LogP contribution is -2.33. The van der Waals surface area contributed by atoms with Crippen molar-refractivity contribution < 1.29 is 10.2 Å². The van der Waals surface area contributed by atoms with E-state index < -0.39 is 5.60 Å². The highest BCUT2D eigenvalue weighted by Crippen LogP contribution is 2.45. The van der Waals surface area contributed by atoms with Crippen LogP contribution in [-0.4, -0.2) is 40.3 Å². The fourth-order valence-electron chi connectivity index (χ4n) is 5.70. The lowest BCUT2D eigenvalue weighted by molar-refractivity contribution is 0.0353. The molecule has 150 valence electrons. The molecule has 0 spiro atoms. The topological polar surface area (TPSA) is 43.7 Å². The summed E-state index contributed by atoms with van der Waals surface area (Å²) in [6.45, 7) is 9.78. The molecule has 28 heavy (non-hydrogen) atoms. The Morgan fingerprint density at radius 2 is 1.57 bits per heavy atom. The molecule has 1 aliphatic carbocycles. The molecular formula is C25H33NO2. The van der Waals surface area contributed by atoms with E-state index in [4.69, 9.17) is 0 Å². The van der Waals surface area contributed by atoms with Gasteiger partial charge in [0, 0.05) is 26.1 Å². The Morgan fingerprint density at radius 3 is 2.14 bits per heavy atom. The van der Waals surface area contributed by atoms with Gasteiger partial charge in [-0.3, -0.25) is 0 Å². The standard InChI is InChI=1S/C25H33NO2/c1-17-8-18(2)10-20(9-17)11-25(28)12-22-15-26(16-23(22)13-25)14-19(3)21-4-6-24(27)7-5-21/h4-10,19,22-23,27-28H,11-16H2,1-3H3/t19?,22-,23+,25?. The van der Waals surface area contributed by atoms with Crippen LogP contribution < -0.4 is 0 Å². The Morgan fingerprint density at radius 1 is 1.00 bits per heavy atom. The number of nitrogens with zero attached hydrogens (tertiary/aromatic N) is 1. The Hall–Kier alpha value is -1.84. The molecule has 4 rings (SSSR count). The predicted octanol–water partition coefficient (Wildman–Crippen LogP) is 4.43. The molecule has 2 N–H and O–H groups in total. The number of phenolic OH excluding ortho intramolecular Hbond substituents is 1. The van der Waals surface area contributed by atoms with E-state index in [9.17, 15) is 10.2 Å². The van der Waals surface area contributed by atoms with E-state index in [-0.39, 0.29) is 0 Å². The summed E-state index contributed by atoms with van der Waals surface area (Å²) in [6.07, 6.45) is 2.63. The molecule has 1 aliphatic heterocycles. The van der Waals surface area contributed by atoms with Crippen LogP contribution in [0.3, 0.4) is 0 Å². The highest BCUT2D eigenvalue weighted by molar-refractivity contribution is 5.30. The van der Waals surface area contributed by atoms with Crippen molar-refractivity contribution in [2.45, 2.75) is 51.6 Å². The summed E-state index contributed by atoms with van der Waals surface area (Å²) >= 11 is 0. The van der Waals surface area contributed by atoms with E-state index in [2.05, 4.69) is 43.9 Å². The number of aliphatic hydroxyl groups is 1. The van der Waals surface area contributed by atoms with E-state index >= 15 is 0 Å². The molecule has 2 aromatic rings. The molecule has 0 bridgehead atoms. The van der Waals surface area contributed by atoms with Gasteiger partial charge in [0.15, 0.2) is 0 Å². The van der Waals surface area contributed by atoms with Crippen LogP contribution in [0.5, 0.6) is 5.75 Å². The van der Waals surface area contributed by atoms with E-state index in [1.165, 1.54) is 22.3 Å². The molecule has 0 radical (unpaired) electrons. The van der Waals surface area contributed by atoms with Gasteiger partial charge in [0.05, 0.1) is 5.60 Å². The lowest BCUT2D eigenvalue weighted by Gasteiger charge is -2.27. The quantitative estimate of drug-likeness (QED) is 0.808. The van der Waals surface area contributed by atoms with Crippen LogP contribution in [0.1, 0.15) is 47.9 Å². The second-order valence-corrected chi connectivity index (χ2v) is 9.54. The molecular weight excluding hydrogens is 346 g/mol. The average molecular weight is 380 g/mol. The second-order valence-electron chi connectivity index (χ2n) is 9.54. The maximum atomic E-state index is 11.3. The van der Waals surface area contributed by atoms with Gasteiger partial charge in [-0.25, -0.2) is 0 Å². The summed E-state index contributed by atoms with van der Waals surface area (Å²) in [6, 6.07) is 14.3. The van der Waals surface area contributed by atoms with Crippen LogP contribution in [0.25, 0.3) is 0 Å². The lowest BCUT2D eigenvalue weighted by atomic mass is 9.90. The van der Waals surface area contributed by atoms with Crippen molar-refractivity contribution in [3.63, 3.8) is 0 Å². The third-order valence-electron chi connectivity index (χ3n) is 6.75. The van der Waals surface area contributed by atoms with E-state index in [0.717, 1.165) is 38.9 Å². The van der Waals surface area contributed by atoms with Gasteiger partial charge >= 0.3 is 0 Å². The zero-order valence-electron chi connectivity index (χ0n) is 17.4. The van der Waals surface area contributed by atoms with Crippen molar-refractivity contribution in [3.05, 3.63) is 64.7 Å². The van der Waals surface area contributed by atoms with Crippen molar-refractivity contribution >= 4 is 0 Å². The van der Waals surface area contributed by atoms with Crippen LogP contribution in [0.4, 0.5) is 0 Å². The monoisotopic (exact) mass is 379 g/mol. The minimum Gasteiger partial charge on any atom is -0.508 e. The van der Waals surface area contributed by atoms with Gasteiger partial charge < -0.3 is 15.1 Å². The fraction of sp³-hybridized carbons (Fsp3) is 0.520. The average Bonchev–Trinajstić information content (AvgIpc) is 3.08. The van der Waals surface area contributed by atoms with Gasteiger partial charge in [-0.05, 0) is 67.7 Å². The highest BCUT2D eigenvalue weighted by atomic mass is 16.3. The van der Waals surface area contributed by atoms with Crippen LogP contribution in [-0.2, 0) is 6.42 Å². The molecule has 1 saturated carbocycles. The molecule has 3 heteroatoms. The molecule has 3 nitrogen and oxygen atoms in total. The number of benzene rings is 2. The predicted molar refractivity (Wildman–Crippen MR) is 114 cm³/mol. The molecule has 2 aliphatic rings. The SMILES string of the molecule is Cc1cc(C)cc(CC2(O)C[C@H]3CN(CC(C)c4ccc(O)cc4)C[C@H]3C2)c1. The molecule has 4 atom stereocenters. The van der Waals surface area contributed by atoms with Crippen molar-refractivity contribution in [1.82, 2.24) is 4.90 Å². The summed E-state index contributed by atoms with van der Waals surface area (Å²) in [5.41, 5.74) is 4.58. The normalized spacial score (nSPS) is 28.4. The molecule has 1 saturated heterocycles. The van der Waals surface area contributed by atoms with Crippen molar-refractivity contribution in [2.24, 2.45) is 11.8 Å². The van der Waals surface area contributed by atoms with Crippen LogP contribution in [0.15, 0.2) is 42.5 Å². The van der Waals surface area contributed by atoms with E-state index in [1.807, 2.05) is 12.1 Å². The van der Waals surface area contributed by atoms with Gasteiger partial charge in [0.25, 0.3) is 0 Å². The summed E-state index contributed by atoms with van der Waals surface area (Å²) in [5, 5.41) is 20.7. The molecule has 0 aromatic heterocycles. The second kappa shape index (κ2) is 7.53. The first-order valence-electron chi connectivity index (χ1n) is 10.6. The molecule has 2 aromatic carbocycles. The van der Waals surface area contributed by atoms with Gasteiger partial charge in [-0.2, -0.15) is 0 Å². The number of rotatable bonds is 5. The number of aryl methyl sites for hydroxylation is 2. The Bertz CT molecular complexity index is 795. The zero-order chi connectivity index (χ0) is 19.9. The van der Waals surface area contributed by atoms with E-state index in [0.29, 0.717) is 23.5 Å². The first kappa shape index (κ1) is 19.5. The Labute approximate surface area is 169 Å². The van der Waals surface area contributed by atoms with Crippen LogP contribution >= 0.6 is 0 Å². The number of likely N-dealkylation sites (tertiary alicyclic amines) is 1. The number of fused-ring (bicyclic) bond motifs is 1. The molecule has 1 heterocycles. The first-order chi connectivity index (χ1) is 13.3. The molecule has 0 amide bonds. The summed E-state index contributed by atoms with van der Waals surface area (Å²) in [7, 11) is 0. The van der Waals surface area contributed by atoms with Gasteiger partial charge in [0.2, 0.25) is 0 Å². The molecule has 2 fully saturated rings. The van der Waals surface area contributed by atoms with Gasteiger partial charge in [-0.15, -0.1) is 0 Å². The van der Waals surface area contributed by atoms with Crippen molar-refractivity contribution in [3.8, 4) is 5.75 Å². The largest absolute Gasteiger partial charge is 0.508 e. The van der Waals surface area contributed by atoms with Gasteiger partial charge in [-0.1, -0.05) is 48.4 Å². The smallest absolute Gasteiger partial charge is 0.115 e. The molecule has 2 unspecified atom stereocenters. The minimum absolute atomic E-state index is 0.328. The maximum Gasteiger partial charge on any atom is 0.115 e. The third kappa shape index (κ3) is 4.26. The van der Waals surface area contributed by atoms with Crippen LogP contribution in [0, 0.1) is 25.7 Å². The third-order valence-corrected chi connectivity index (χ3v) is 6.75. The number of phenols is 1. The maximum absolute atomic E-state index is 11.3. The minimum atomic E-state index is -0.537. The Kier molecular flexibility index (Phi) is 5.24. The highest BCUT2D eigenvalue weighted by Gasteiger charge is 2.48. The van der Waals surface area contributed by atoms with E-state index in [1.54, 1.807) is 12.1 Å². The number of aromatic hydroxyl groups is 1. The zero-order valence-corrected chi connectivity index (χ0v) is 17.4. The number of hydrogen-bond donors (Lipinski definition) is 2. The van der Waals surface area contributed by atoms with Gasteiger partial charge in [0.1, 0.15) is 5.75 Å².